The third-order valence-electron chi connectivity index (χ3n) is 4.44. The molecule has 1 amide bonds. The largest absolute Gasteiger partial charge is 0.493 e. The second-order valence-corrected chi connectivity index (χ2v) is 6.13. The molecule has 2 N–H and O–H groups in total. The molecular formula is C19H25N3O3. The zero-order valence-electron chi connectivity index (χ0n) is 15.0. The van der Waals surface area contributed by atoms with Crippen molar-refractivity contribution in [2.45, 2.75) is 44.7 Å². The van der Waals surface area contributed by atoms with Crippen LogP contribution in [0.15, 0.2) is 30.0 Å². The van der Waals surface area contributed by atoms with E-state index in [1.165, 1.54) is 19.0 Å². The van der Waals surface area contributed by atoms with Gasteiger partial charge in [-0.2, -0.15) is 5.26 Å². The second-order valence-electron chi connectivity index (χ2n) is 6.13. The summed E-state index contributed by atoms with van der Waals surface area (Å²) in [6.45, 7) is 1.86. The number of nitrogens with one attached hydrogen (secondary N) is 2. The van der Waals surface area contributed by atoms with E-state index in [1.54, 1.807) is 20.3 Å². The van der Waals surface area contributed by atoms with E-state index in [1.807, 2.05) is 25.1 Å². The average molecular weight is 343 g/mol. The van der Waals surface area contributed by atoms with E-state index in [-0.39, 0.29) is 11.6 Å². The molecule has 1 atom stereocenters. The average Bonchev–Trinajstić information content (AvgIpc) is 3.15. The highest BCUT2D eigenvalue weighted by Crippen LogP contribution is 2.29. The number of ether oxygens (including phenoxy) is 2. The Morgan fingerprint density at radius 1 is 1.28 bits per heavy atom. The highest BCUT2D eigenvalue weighted by Gasteiger charge is 2.17. The maximum atomic E-state index is 12.3. The molecule has 6 heteroatoms. The second kappa shape index (κ2) is 8.97. The fourth-order valence-electron chi connectivity index (χ4n) is 2.92. The van der Waals surface area contributed by atoms with Crippen LogP contribution in [0.2, 0.25) is 0 Å². The summed E-state index contributed by atoms with van der Waals surface area (Å²) in [5.74, 6) is 0.832. The summed E-state index contributed by atoms with van der Waals surface area (Å²) < 4.78 is 10.5. The molecule has 0 saturated heterocycles. The normalized spacial score (nSPS) is 16.0. The summed E-state index contributed by atoms with van der Waals surface area (Å²) in [7, 11) is 3.14. The maximum absolute atomic E-state index is 12.3. The summed E-state index contributed by atoms with van der Waals surface area (Å²) in [4.78, 5) is 12.3. The van der Waals surface area contributed by atoms with Gasteiger partial charge in [0.15, 0.2) is 11.5 Å². The SMILES string of the molecule is COc1ccc(C(C)NC(=O)/C(C#N)=C\NC2CCCC2)cc1OC. The Bertz CT molecular complexity index is 673. The smallest absolute Gasteiger partial charge is 0.263 e. The van der Waals surface area contributed by atoms with Gasteiger partial charge in [-0.25, -0.2) is 0 Å². The van der Waals surface area contributed by atoms with Crippen LogP contribution in [0.3, 0.4) is 0 Å². The summed E-state index contributed by atoms with van der Waals surface area (Å²) in [5, 5.41) is 15.3. The number of carbonyl (C=O) groups excluding carboxylic acids is 1. The van der Waals surface area contributed by atoms with E-state index in [9.17, 15) is 10.1 Å². The highest BCUT2D eigenvalue weighted by molar-refractivity contribution is 5.97. The zero-order chi connectivity index (χ0) is 18.2. The van der Waals surface area contributed by atoms with Gasteiger partial charge in [-0.1, -0.05) is 18.9 Å². The molecule has 6 nitrogen and oxygen atoms in total. The topological polar surface area (TPSA) is 83.4 Å². The van der Waals surface area contributed by atoms with Crippen molar-refractivity contribution in [3.05, 3.63) is 35.5 Å². The fourth-order valence-corrected chi connectivity index (χ4v) is 2.92. The Kier molecular flexibility index (Phi) is 6.70. The first-order chi connectivity index (χ1) is 12.1. The Balaban J connectivity index is 2.02. The van der Waals surface area contributed by atoms with Crippen molar-refractivity contribution in [3.8, 4) is 17.6 Å². The minimum absolute atomic E-state index is 0.0826. The number of nitrogens with zero attached hydrogens (tertiary/aromatic N) is 1. The van der Waals surface area contributed by atoms with Crippen LogP contribution in [-0.4, -0.2) is 26.2 Å². The van der Waals surface area contributed by atoms with Crippen LogP contribution >= 0.6 is 0 Å². The quantitative estimate of drug-likeness (QED) is 0.587. The molecule has 25 heavy (non-hydrogen) atoms. The van der Waals surface area contributed by atoms with Crippen molar-refractivity contribution in [1.82, 2.24) is 10.6 Å². The molecule has 1 aromatic rings. The third kappa shape index (κ3) is 4.90. The maximum Gasteiger partial charge on any atom is 0.263 e. The molecule has 1 aliphatic carbocycles. The lowest BCUT2D eigenvalue weighted by Gasteiger charge is -2.16. The third-order valence-corrected chi connectivity index (χ3v) is 4.44. The number of amides is 1. The molecule has 2 rings (SSSR count). The van der Waals surface area contributed by atoms with Gasteiger partial charge in [0.25, 0.3) is 5.91 Å². The monoisotopic (exact) mass is 343 g/mol. The molecule has 1 saturated carbocycles. The molecule has 0 bridgehead atoms. The number of rotatable bonds is 7. The number of hydrogen-bond acceptors (Lipinski definition) is 5. The number of nitriles is 1. The molecule has 1 aliphatic rings. The molecular weight excluding hydrogens is 318 g/mol. The van der Waals surface area contributed by atoms with Crippen LogP contribution in [-0.2, 0) is 4.79 Å². The summed E-state index contributed by atoms with van der Waals surface area (Å²) >= 11 is 0. The molecule has 1 unspecified atom stereocenters. The van der Waals surface area contributed by atoms with E-state index in [4.69, 9.17) is 9.47 Å². The van der Waals surface area contributed by atoms with E-state index < -0.39 is 5.91 Å². The lowest BCUT2D eigenvalue weighted by molar-refractivity contribution is -0.117. The molecule has 0 radical (unpaired) electrons. The Hall–Kier alpha value is -2.68. The van der Waals surface area contributed by atoms with Crippen LogP contribution in [0.25, 0.3) is 0 Å². The zero-order valence-corrected chi connectivity index (χ0v) is 15.0. The summed E-state index contributed by atoms with van der Waals surface area (Å²) in [5.41, 5.74) is 0.950. The molecule has 0 spiro atoms. The highest BCUT2D eigenvalue weighted by atomic mass is 16.5. The number of methoxy groups -OCH3 is 2. The van der Waals surface area contributed by atoms with E-state index in [0.29, 0.717) is 17.5 Å². The van der Waals surface area contributed by atoms with Crippen LogP contribution < -0.4 is 20.1 Å². The van der Waals surface area contributed by atoms with E-state index in [0.717, 1.165) is 18.4 Å². The van der Waals surface area contributed by atoms with Gasteiger partial charge in [0, 0.05) is 12.2 Å². The van der Waals surface area contributed by atoms with Gasteiger partial charge in [0.05, 0.1) is 20.3 Å². The Labute approximate surface area is 148 Å². The van der Waals surface area contributed by atoms with Gasteiger partial charge in [-0.05, 0) is 37.5 Å². The predicted octanol–water partition coefficient (Wildman–Crippen LogP) is 2.82. The minimum Gasteiger partial charge on any atom is -0.493 e. The van der Waals surface area contributed by atoms with Crippen molar-refractivity contribution in [1.29, 1.82) is 5.26 Å². The summed E-state index contributed by atoms with van der Waals surface area (Å²) in [6, 6.07) is 7.52. The van der Waals surface area contributed by atoms with Crippen LogP contribution in [0.1, 0.15) is 44.2 Å². The standard InChI is InChI=1S/C19H25N3O3/c1-13(14-8-9-17(24-2)18(10-14)25-3)22-19(23)15(11-20)12-21-16-6-4-5-7-16/h8-10,12-13,16,21H,4-7H2,1-3H3,(H,22,23)/b15-12-. The first kappa shape index (κ1) is 18.7. The number of hydrogen-bond donors (Lipinski definition) is 2. The molecule has 1 fully saturated rings. The van der Waals surface area contributed by atoms with Crippen LogP contribution in [0, 0.1) is 11.3 Å². The van der Waals surface area contributed by atoms with Gasteiger partial charge >= 0.3 is 0 Å². The Morgan fingerprint density at radius 3 is 2.56 bits per heavy atom. The first-order valence-electron chi connectivity index (χ1n) is 8.48. The lowest BCUT2D eigenvalue weighted by atomic mass is 10.1. The van der Waals surface area contributed by atoms with Gasteiger partial charge < -0.3 is 20.1 Å². The van der Waals surface area contributed by atoms with Gasteiger partial charge in [-0.15, -0.1) is 0 Å². The summed E-state index contributed by atoms with van der Waals surface area (Å²) in [6.07, 6.45) is 6.08. The van der Waals surface area contributed by atoms with Crippen LogP contribution in [0.5, 0.6) is 11.5 Å². The number of benzene rings is 1. The first-order valence-corrected chi connectivity index (χ1v) is 8.48. The molecule has 0 aromatic heterocycles. The van der Waals surface area contributed by atoms with Crippen molar-refractivity contribution < 1.29 is 14.3 Å². The van der Waals surface area contributed by atoms with Gasteiger partial charge in [0.2, 0.25) is 0 Å². The fraction of sp³-hybridized carbons (Fsp3) is 0.474. The van der Waals surface area contributed by atoms with Gasteiger partial charge in [0.1, 0.15) is 11.6 Å². The van der Waals surface area contributed by atoms with E-state index >= 15 is 0 Å². The van der Waals surface area contributed by atoms with Crippen LogP contribution in [0.4, 0.5) is 0 Å². The molecule has 1 aromatic carbocycles. The van der Waals surface area contributed by atoms with Crippen molar-refractivity contribution in [2.75, 3.05) is 14.2 Å². The van der Waals surface area contributed by atoms with E-state index in [2.05, 4.69) is 10.6 Å². The van der Waals surface area contributed by atoms with Crippen molar-refractivity contribution >= 4 is 5.91 Å². The molecule has 134 valence electrons. The lowest BCUT2D eigenvalue weighted by Crippen LogP contribution is -2.29. The molecule has 0 heterocycles. The number of carbonyl (C=O) groups is 1. The molecule has 0 aliphatic heterocycles. The minimum atomic E-state index is -0.393. The Morgan fingerprint density at radius 2 is 1.96 bits per heavy atom. The predicted molar refractivity (Wildman–Crippen MR) is 95.2 cm³/mol. The van der Waals surface area contributed by atoms with Gasteiger partial charge in [-0.3, -0.25) is 4.79 Å². The van der Waals surface area contributed by atoms with Crippen molar-refractivity contribution in [3.63, 3.8) is 0 Å². The van der Waals surface area contributed by atoms with Crippen molar-refractivity contribution in [2.24, 2.45) is 0 Å².